The van der Waals surface area contributed by atoms with E-state index in [4.69, 9.17) is 11.6 Å². The van der Waals surface area contributed by atoms with Gasteiger partial charge in [0.2, 0.25) is 11.8 Å². The van der Waals surface area contributed by atoms with Crippen molar-refractivity contribution in [2.45, 2.75) is 19.8 Å². The largest absolute Gasteiger partial charge is 0.322 e. The van der Waals surface area contributed by atoms with Gasteiger partial charge in [-0.3, -0.25) is 14.4 Å². The van der Waals surface area contributed by atoms with Gasteiger partial charge in [0.15, 0.2) is 0 Å². The van der Waals surface area contributed by atoms with E-state index >= 15 is 0 Å². The lowest BCUT2D eigenvalue weighted by Gasteiger charge is -2.19. The Kier molecular flexibility index (Phi) is 4.77. The first-order valence-corrected chi connectivity index (χ1v) is 9.54. The summed E-state index contributed by atoms with van der Waals surface area (Å²) in [5.41, 5.74) is 2.05. The molecule has 0 radical (unpaired) electrons. The Balaban J connectivity index is 1.68. The van der Waals surface area contributed by atoms with Crippen LogP contribution in [0.25, 0.3) is 0 Å². The van der Waals surface area contributed by atoms with Crippen molar-refractivity contribution in [3.63, 3.8) is 0 Å². The summed E-state index contributed by atoms with van der Waals surface area (Å²) in [5, 5.41) is 3.35. The van der Waals surface area contributed by atoms with Crippen molar-refractivity contribution in [3.05, 3.63) is 70.8 Å². The van der Waals surface area contributed by atoms with Crippen molar-refractivity contribution in [1.29, 1.82) is 0 Å². The van der Waals surface area contributed by atoms with Crippen LogP contribution >= 0.6 is 11.6 Å². The summed E-state index contributed by atoms with van der Waals surface area (Å²) >= 11 is 6.03. The van der Waals surface area contributed by atoms with Crippen LogP contribution in [0.2, 0.25) is 5.02 Å². The number of rotatable bonds is 3. The predicted molar refractivity (Wildman–Crippen MR) is 108 cm³/mol. The molecule has 3 amide bonds. The number of carbonyl (C=O) groups is 3. The van der Waals surface area contributed by atoms with Crippen LogP contribution < -0.4 is 10.2 Å². The van der Waals surface area contributed by atoms with Crippen molar-refractivity contribution in [3.8, 4) is 0 Å². The Bertz CT molecular complexity index is 989. The van der Waals surface area contributed by atoms with Gasteiger partial charge in [-0.05, 0) is 49.6 Å². The lowest BCUT2D eigenvalue weighted by atomic mass is 9.85. The van der Waals surface area contributed by atoms with E-state index in [0.29, 0.717) is 29.2 Å². The number of anilines is 2. The van der Waals surface area contributed by atoms with E-state index in [9.17, 15) is 14.4 Å². The summed E-state index contributed by atoms with van der Waals surface area (Å²) in [6.07, 6.45) is 5.00. The maximum atomic E-state index is 13.0. The number of hydrogen-bond acceptors (Lipinski definition) is 3. The second-order valence-corrected chi connectivity index (χ2v) is 7.53. The zero-order valence-electron chi connectivity index (χ0n) is 15.3. The first-order valence-electron chi connectivity index (χ1n) is 9.16. The predicted octanol–water partition coefficient (Wildman–Crippen LogP) is 4.36. The molecule has 5 nitrogen and oxygen atoms in total. The highest BCUT2D eigenvalue weighted by Gasteiger charge is 2.48. The molecule has 0 unspecified atom stereocenters. The highest BCUT2D eigenvalue weighted by Crippen LogP contribution is 2.38. The lowest BCUT2D eigenvalue weighted by Crippen LogP contribution is -2.33. The molecule has 1 saturated heterocycles. The summed E-state index contributed by atoms with van der Waals surface area (Å²) in [7, 11) is 0. The summed E-state index contributed by atoms with van der Waals surface area (Å²) in [5.74, 6) is -1.56. The van der Waals surface area contributed by atoms with Gasteiger partial charge in [0.05, 0.1) is 23.1 Å². The minimum absolute atomic E-state index is 0.237. The molecule has 1 aliphatic carbocycles. The van der Waals surface area contributed by atoms with Crippen LogP contribution in [0, 0.1) is 18.8 Å². The van der Waals surface area contributed by atoms with Crippen LogP contribution in [0.1, 0.15) is 28.8 Å². The number of amides is 3. The molecule has 2 aromatic carbocycles. The van der Waals surface area contributed by atoms with Gasteiger partial charge in [-0.25, -0.2) is 4.90 Å². The van der Waals surface area contributed by atoms with Gasteiger partial charge in [-0.2, -0.15) is 0 Å². The number of para-hydroxylation sites is 1. The Hall–Kier alpha value is -2.92. The van der Waals surface area contributed by atoms with Gasteiger partial charge in [-0.15, -0.1) is 0 Å². The standard InChI is InChI=1S/C22H19ClN2O3/c1-13-10-11-14(23)12-18(13)24-20(26)17-8-4-5-9-19(17)25-21(27)15-6-2-3-7-16(15)22(25)28/h2-5,8-12,15-16H,6-7H2,1H3,(H,24,26)/t15-,16-/m1/s1. The zero-order chi connectivity index (χ0) is 19.8. The summed E-state index contributed by atoms with van der Waals surface area (Å²) in [6, 6.07) is 11.9. The third-order valence-corrected chi connectivity index (χ3v) is 5.58. The maximum Gasteiger partial charge on any atom is 0.257 e. The van der Waals surface area contributed by atoms with E-state index < -0.39 is 5.91 Å². The number of benzene rings is 2. The van der Waals surface area contributed by atoms with Gasteiger partial charge in [0.25, 0.3) is 5.91 Å². The number of fused-ring (bicyclic) bond motifs is 1. The SMILES string of the molecule is Cc1ccc(Cl)cc1NC(=O)c1ccccc1N1C(=O)[C@@H]2CC=CC[C@H]2C1=O. The molecule has 1 fully saturated rings. The molecule has 0 saturated carbocycles. The highest BCUT2D eigenvalue weighted by molar-refractivity contribution is 6.31. The number of nitrogens with zero attached hydrogens (tertiary/aromatic N) is 1. The fraction of sp³-hybridized carbons (Fsp3) is 0.227. The summed E-state index contributed by atoms with van der Waals surface area (Å²) < 4.78 is 0. The molecule has 0 aromatic heterocycles. The first kappa shape index (κ1) is 18.4. The second-order valence-electron chi connectivity index (χ2n) is 7.10. The van der Waals surface area contributed by atoms with Crippen LogP contribution in [-0.2, 0) is 9.59 Å². The average Bonchev–Trinajstić information content (AvgIpc) is 2.95. The average molecular weight is 395 g/mol. The molecule has 1 N–H and O–H groups in total. The van der Waals surface area contributed by atoms with Crippen LogP contribution in [0.3, 0.4) is 0 Å². The van der Waals surface area contributed by atoms with Gasteiger partial charge >= 0.3 is 0 Å². The highest BCUT2D eigenvalue weighted by atomic mass is 35.5. The fourth-order valence-electron chi connectivity index (χ4n) is 3.82. The van der Waals surface area contributed by atoms with Gasteiger partial charge in [0.1, 0.15) is 0 Å². The van der Waals surface area contributed by atoms with Crippen LogP contribution in [0.4, 0.5) is 11.4 Å². The third kappa shape index (κ3) is 3.12. The molecule has 142 valence electrons. The maximum absolute atomic E-state index is 13.0. The molecule has 6 heteroatoms. The minimum atomic E-state index is -0.394. The molecular weight excluding hydrogens is 376 g/mol. The third-order valence-electron chi connectivity index (χ3n) is 5.34. The number of nitrogens with one attached hydrogen (secondary N) is 1. The zero-order valence-corrected chi connectivity index (χ0v) is 16.1. The van der Waals surface area contributed by atoms with E-state index in [1.54, 1.807) is 36.4 Å². The van der Waals surface area contributed by atoms with Crippen molar-refractivity contribution in [2.75, 3.05) is 10.2 Å². The van der Waals surface area contributed by atoms with Gasteiger partial charge < -0.3 is 5.32 Å². The topological polar surface area (TPSA) is 66.5 Å². The molecular formula is C22H19ClN2O3. The Morgan fingerprint density at radius 3 is 2.36 bits per heavy atom. The van der Waals surface area contributed by atoms with Crippen molar-refractivity contribution in [2.24, 2.45) is 11.8 Å². The number of halogens is 1. The summed E-state index contributed by atoms with van der Waals surface area (Å²) in [4.78, 5) is 40.0. The van der Waals surface area contributed by atoms with Gasteiger partial charge in [-0.1, -0.05) is 42.0 Å². The van der Waals surface area contributed by atoms with Crippen molar-refractivity contribution < 1.29 is 14.4 Å². The van der Waals surface area contributed by atoms with Crippen LogP contribution in [0.5, 0.6) is 0 Å². The molecule has 4 rings (SSSR count). The molecule has 2 aromatic rings. The summed E-state index contributed by atoms with van der Waals surface area (Å²) in [6.45, 7) is 1.86. The van der Waals surface area contributed by atoms with Crippen molar-refractivity contribution >= 4 is 40.7 Å². The molecule has 2 atom stereocenters. The van der Waals surface area contributed by atoms with E-state index in [-0.39, 0.29) is 29.2 Å². The molecule has 28 heavy (non-hydrogen) atoms. The van der Waals surface area contributed by atoms with E-state index in [0.717, 1.165) is 5.56 Å². The smallest absolute Gasteiger partial charge is 0.257 e. The Labute approximate surface area is 168 Å². The number of hydrogen-bond donors (Lipinski definition) is 1. The Morgan fingerprint density at radius 2 is 1.68 bits per heavy atom. The van der Waals surface area contributed by atoms with E-state index in [1.165, 1.54) is 4.90 Å². The van der Waals surface area contributed by atoms with E-state index in [2.05, 4.69) is 5.32 Å². The van der Waals surface area contributed by atoms with E-state index in [1.807, 2.05) is 25.1 Å². The minimum Gasteiger partial charge on any atom is -0.322 e. The number of allylic oxidation sites excluding steroid dienone is 2. The first-order chi connectivity index (χ1) is 13.5. The normalized spacial score (nSPS) is 21.0. The number of aryl methyl sites for hydroxylation is 1. The quantitative estimate of drug-likeness (QED) is 0.621. The number of imide groups is 1. The lowest BCUT2D eigenvalue weighted by molar-refractivity contribution is -0.122. The molecule has 2 aliphatic rings. The monoisotopic (exact) mass is 394 g/mol. The molecule has 0 bridgehead atoms. The Morgan fingerprint density at radius 1 is 1.04 bits per heavy atom. The van der Waals surface area contributed by atoms with Gasteiger partial charge in [0, 0.05) is 10.7 Å². The molecule has 1 heterocycles. The van der Waals surface area contributed by atoms with Crippen LogP contribution in [-0.4, -0.2) is 17.7 Å². The molecule has 1 aliphatic heterocycles. The van der Waals surface area contributed by atoms with Crippen LogP contribution in [0.15, 0.2) is 54.6 Å². The van der Waals surface area contributed by atoms with Crippen molar-refractivity contribution in [1.82, 2.24) is 0 Å². The molecule has 0 spiro atoms. The fourth-order valence-corrected chi connectivity index (χ4v) is 3.99. The second kappa shape index (κ2) is 7.24. The number of carbonyl (C=O) groups excluding carboxylic acids is 3.